The van der Waals surface area contributed by atoms with Crippen LogP contribution in [0.25, 0.3) is 0 Å². The molecule has 0 radical (unpaired) electrons. The molecule has 0 atom stereocenters. The van der Waals surface area contributed by atoms with Crippen molar-refractivity contribution in [2.75, 3.05) is 37.6 Å². The van der Waals surface area contributed by atoms with Gasteiger partial charge in [0.2, 0.25) is 0 Å². The molecule has 1 aliphatic rings. The molecule has 116 valence electrons. The number of hydrogen-bond acceptors (Lipinski definition) is 4. The molecule has 3 N–H and O–H groups in total. The third kappa shape index (κ3) is 4.60. The maximum Gasteiger partial charge on any atom is 0.146 e. The van der Waals surface area contributed by atoms with Crippen LogP contribution in [0.1, 0.15) is 19.3 Å². The van der Waals surface area contributed by atoms with E-state index >= 15 is 0 Å². The van der Waals surface area contributed by atoms with Crippen molar-refractivity contribution < 1.29 is 9.60 Å². The van der Waals surface area contributed by atoms with Crippen molar-refractivity contribution in [3.8, 4) is 0 Å². The zero-order chi connectivity index (χ0) is 15.1. The van der Waals surface area contributed by atoms with Crippen LogP contribution in [0.3, 0.4) is 0 Å². The van der Waals surface area contributed by atoms with E-state index in [1.807, 2.05) is 12.1 Å². The van der Waals surface area contributed by atoms with Gasteiger partial charge in [-0.2, -0.15) is 0 Å². The van der Waals surface area contributed by atoms with Crippen LogP contribution < -0.4 is 10.6 Å². The Morgan fingerprint density at radius 3 is 2.57 bits per heavy atom. The summed E-state index contributed by atoms with van der Waals surface area (Å²) >= 11 is 0. The highest BCUT2D eigenvalue weighted by atomic mass is 19.1. The molecule has 0 unspecified atom stereocenters. The average Bonchev–Trinajstić information content (AvgIpc) is 2.52. The number of nitrogens with two attached hydrogens (primary N) is 1. The van der Waals surface area contributed by atoms with Gasteiger partial charge in [0.15, 0.2) is 0 Å². The standard InChI is InChI=1S/C15H23FN4O/c16-13-5-1-2-6-14(13)20-11-9-19(10-12-20)8-4-3-7-15(17)18-21/h1-2,5-6,21H,3-4,7-12H2,(H2,17,18). The largest absolute Gasteiger partial charge is 0.409 e. The SMILES string of the molecule is NC(CCCCN1CCN(c2ccccc2F)CC1)=NO. The molecular formula is C15H23FN4O. The molecule has 1 heterocycles. The summed E-state index contributed by atoms with van der Waals surface area (Å²) in [4.78, 5) is 4.48. The number of piperazine rings is 1. The van der Waals surface area contributed by atoms with Gasteiger partial charge in [0.1, 0.15) is 11.7 Å². The van der Waals surface area contributed by atoms with Crippen LogP contribution in [0.4, 0.5) is 10.1 Å². The molecule has 1 aromatic rings. The Balaban J connectivity index is 1.70. The summed E-state index contributed by atoms with van der Waals surface area (Å²) in [7, 11) is 0. The maximum absolute atomic E-state index is 13.7. The first kappa shape index (κ1) is 15.6. The van der Waals surface area contributed by atoms with Crippen LogP contribution in [0.5, 0.6) is 0 Å². The minimum Gasteiger partial charge on any atom is -0.409 e. The fourth-order valence-corrected chi connectivity index (χ4v) is 2.61. The van der Waals surface area contributed by atoms with E-state index in [2.05, 4.69) is 15.0 Å². The fourth-order valence-electron chi connectivity index (χ4n) is 2.61. The topological polar surface area (TPSA) is 65.1 Å². The van der Waals surface area contributed by atoms with Crippen LogP contribution in [0.15, 0.2) is 29.4 Å². The minimum atomic E-state index is -0.148. The molecule has 0 aliphatic carbocycles. The minimum absolute atomic E-state index is 0.148. The third-order valence-electron chi connectivity index (χ3n) is 3.85. The third-order valence-corrected chi connectivity index (χ3v) is 3.85. The molecule has 0 aromatic heterocycles. The molecular weight excluding hydrogens is 271 g/mol. The van der Waals surface area contributed by atoms with E-state index < -0.39 is 0 Å². The lowest BCUT2D eigenvalue weighted by Gasteiger charge is -2.36. The van der Waals surface area contributed by atoms with Gasteiger partial charge < -0.3 is 15.8 Å². The van der Waals surface area contributed by atoms with Crippen LogP contribution in [-0.2, 0) is 0 Å². The van der Waals surface area contributed by atoms with Crippen molar-refractivity contribution in [3.63, 3.8) is 0 Å². The number of benzene rings is 1. The number of halogens is 1. The van der Waals surface area contributed by atoms with E-state index in [0.717, 1.165) is 45.6 Å². The first-order valence-corrected chi connectivity index (χ1v) is 7.39. The van der Waals surface area contributed by atoms with Gasteiger partial charge in [-0.25, -0.2) is 4.39 Å². The lowest BCUT2D eigenvalue weighted by molar-refractivity contribution is 0.252. The zero-order valence-corrected chi connectivity index (χ0v) is 12.2. The Labute approximate surface area is 124 Å². The summed E-state index contributed by atoms with van der Waals surface area (Å²) in [5, 5.41) is 11.4. The summed E-state index contributed by atoms with van der Waals surface area (Å²) < 4.78 is 13.7. The lowest BCUT2D eigenvalue weighted by atomic mass is 10.2. The Hall–Kier alpha value is -1.82. The molecule has 0 bridgehead atoms. The van der Waals surface area contributed by atoms with Crippen molar-refractivity contribution in [1.29, 1.82) is 0 Å². The molecule has 1 saturated heterocycles. The van der Waals surface area contributed by atoms with Gasteiger partial charge in [0.05, 0.1) is 5.69 Å². The first-order valence-electron chi connectivity index (χ1n) is 7.39. The van der Waals surface area contributed by atoms with Gasteiger partial charge >= 0.3 is 0 Å². The molecule has 1 aliphatic heterocycles. The van der Waals surface area contributed by atoms with Gasteiger partial charge in [-0.05, 0) is 31.5 Å². The Kier molecular flexibility index (Phi) is 5.80. The maximum atomic E-state index is 13.7. The quantitative estimate of drug-likeness (QED) is 0.276. The molecule has 0 spiro atoms. The summed E-state index contributed by atoms with van der Waals surface area (Å²) in [5.74, 6) is 0.143. The molecule has 5 nitrogen and oxygen atoms in total. The lowest BCUT2D eigenvalue weighted by Crippen LogP contribution is -2.46. The van der Waals surface area contributed by atoms with Gasteiger partial charge in [-0.15, -0.1) is 0 Å². The van der Waals surface area contributed by atoms with E-state index in [9.17, 15) is 4.39 Å². The number of amidine groups is 1. The second-order valence-electron chi connectivity index (χ2n) is 5.33. The fraction of sp³-hybridized carbons (Fsp3) is 0.533. The smallest absolute Gasteiger partial charge is 0.146 e. The zero-order valence-electron chi connectivity index (χ0n) is 12.2. The van der Waals surface area contributed by atoms with Crippen LogP contribution >= 0.6 is 0 Å². The van der Waals surface area contributed by atoms with E-state index in [0.29, 0.717) is 17.9 Å². The molecule has 2 rings (SSSR count). The number of nitrogens with zero attached hydrogens (tertiary/aromatic N) is 3. The number of hydrogen-bond donors (Lipinski definition) is 2. The summed E-state index contributed by atoms with van der Waals surface area (Å²) in [6.07, 6.45) is 2.57. The van der Waals surface area contributed by atoms with Gasteiger partial charge in [0, 0.05) is 32.6 Å². The second kappa shape index (κ2) is 7.83. The van der Waals surface area contributed by atoms with Crippen LogP contribution in [-0.4, -0.2) is 48.7 Å². The first-order chi connectivity index (χ1) is 10.2. The van der Waals surface area contributed by atoms with E-state index in [1.54, 1.807) is 6.07 Å². The van der Waals surface area contributed by atoms with Crippen molar-refractivity contribution in [2.24, 2.45) is 10.9 Å². The molecule has 1 fully saturated rings. The summed E-state index contributed by atoms with van der Waals surface area (Å²) in [5.41, 5.74) is 6.13. The highest BCUT2D eigenvalue weighted by Gasteiger charge is 2.18. The predicted octanol–water partition coefficient (Wildman–Crippen LogP) is 1.86. The molecule has 0 saturated carbocycles. The van der Waals surface area contributed by atoms with Crippen LogP contribution in [0, 0.1) is 5.82 Å². The Morgan fingerprint density at radius 1 is 1.19 bits per heavy atom. The van der Waals surface area contributed by atoms with Crippen molar-refractivity contribution in [1.82, 2.24) is 4.90 Å². The number of para-hydroxylation sites is 1. The average molecular weight is 294 g/mol. The highest BCUT2D eigenvalue weighted by molar-refractivity contribution is 5.79. The van der Waals surface area contributed by atoms with E-state index in [4.69, 9.17) is 10.9 Å². The molecule has 6 heteroatoms. The molecule has 0 amide bonds. The number of rotatable bonds is 6. The van der Waals surface area contributed by atoms with Crippen molar-refractivity contribution in [3.05, 3.63) is 30.1 Å². The number of oxime groups is 1. The van der Waals surface area contributed by atoms with E-state index in [-0.39, 0.29) is 5.82 Å². The normalized spacial score (nSPS) is 17.2. The van der Waals surface area contributed by atoms with E-state index in [1.165, 1.54) is 6.07 Å². The summed E-state index contributed by atoms with van der Waals surface area (Å²) in [6, 6.07) is 6.94. The van der Waals surface area contributed by atoms with Crippen LogP contribution in [0.2, 0.25) is 0 Å². The predicted molar refractivity (Wildman–Crippen MR) is 82.3 cm³/mol. The van der Waals surface area contributed by atoms with Gasteiger partial charge in [0.25, 0.3) is 0 Å². The van der Waals surface area contributed by atoms with Crippen molar-refractivity contribution >= 4 is 11.5 Å². The molecule has 1 aromatic carbocycles. The summed E-state index contributed by atoms with van der Waals surface area (Å²) in [6.45, 7) is 4.59. The monoisotopic (exact) mass is 294 g/mol. The van der Waals surface area contributed by atoms with Gasteiger partial charge in [-0.3, -0.25) is 4.90 Å². The number of unbranched alkanes of at least 4 members (excludes halogenated alkanes) is 1. The second-order valence-corrected chi connectivity index (χ2v) is 5.33. The Bertz CT molecular complexity index is 472. The Morgan fingerprint density at radius 2 is 1.90 bits per heavy atom. The number of anilines is 1. The van der Waals surface area contributed by atoms with Crippen molar-refractivity contribution in [2.45, 2.75) is 19.3 Å². The molecule has 21 heavy (non-hydrogen) atoms. The highest BCUT2D eigenvalue weighted by Crippen LogP contribution is 2.20. The van der Waals surface area contributed by atoms with Gasteiger partial charge in [-0.1, -0.05) is 17.3 Å².